The summed E-state index contributed by atoms with van der Waals surface area (Å²) in [7, 11) is -3.34. The fourth-order valence-electron chi connectivity index (χ4n) is 3.93. The van der Waals surface area contributed by atoms with Gasteiger partial charge in [0.25, 0.3) is 0 Å². The number of likely N-dealkylation sites (tertiary alicyclic amines) is 1. The third-order valence-corrected chi connectivity index (χ3v) is 7.70. The third-order valence-electron chi connectivity index (χ3n) is 5.50. The Morgan fingerprint density at radius 1 is 1.15 bits per heavy atom. The van der Waals surface area contributed by atoms with E-state index in [1.807, 2.05) is 0 Å². The fourth-order valence-corrected chi connectivity index (χ4v) is 5.30. The van der Waals surface area contributed by atoms with Crippen LogP contribution in [-0.2, 0) is 20.0 Å². The number of hydrogen-bond donors (Lipinski definition) is 0. The van der Waals surface area contributed by atoms with Crippen LogP contribution in [0.15, 0.2) is 24.3 Å². The fraction of sp³-hybridized carbons (Fsp3) is 0.667. The lowest BCUT2D eigenvalue weighted by Gasteiger charge is -2.36. The van der Waals surface area contributed by atoms with E-state index in [0.29, 0.717) is 25.4 Å². The molecule has 1 fully saturated rings. The number of hydrogen-bond acceptors (Lipinski definition) is 3. The van der Waals surface area contributed by atoms with Gasteiger partial charge < -0.3 is 4.90 Å². The summed E-state index contributed by atoms with van der Waals surface area (Å²) >= 11 is 0. The van der Waals surface area contributed by atoms with Gasteiger partial charge in [-0.25, -0.2) is 8.42 Å². The molecular formula is C21H33NO3S. The predicted molar refractivity (Wildman–Crippen MR) is 107 cm³/mol. The van der Waals surface area contributed by atoms with Crippen molar-refractivity contribution in [2.24, 2.45) is 0 Å². The van der Waals surface area contributed by atoms with Crippen molar-refractivity contribution < 1.29 is 13.2 Å². The summed E-state index contributed by atoms with van der Waals surface area (Å²) < 4.78 is 24.4. The van der Waals surface area contributed by atoms with Crippen LogP contribution in [0.5, 0.6) is 0 Å². The van der Waals surface area contributed by atoms with E-state index >= 15 is 0 Å². The highest BCUT2D eigenvalue weighted by Gasteiger charge is 2.35. The predicted octanol–water partition coefficient (Wildman–Crippen LogP) is 3.90. The molecule has 1 heterocycles. The molecule has 4 nitrogen and oxygen atoms in total. The Morgan fingerprint density at radius 2 is 1.73 bits per heavy atom. The van der Waals surface area contributed by atoms with Crippen LogP contribution in [0.1, 0.15) is 70.9 Å². The van der Waals surface area contributed by atoms with Crippen molar-refractivity contribution in [1.82, 2.24) is 4.90 Å². The van der Waals surface area contributed by atoms with Gasteiger partial charge in [0.05, 0.1) is 0 Å². The van der Waals surface area contributed by atoms with E-state index in [0.717, 1.165) is 12.8 Å². The Kier molecular flexibility index (Phi) is 6.54. The molecule has 0 saturated carbocycles. The van der Waals surface area contributed by atoms with Crippen molar-refractivity contribution in [3.63, 3.8) is 0 Å². The van der Waals surface area contributed by atoms with Crippen LogP contribution in [0.2, 0.25) is 0 Å². The van der Waals surface area contributed by atoms with Crippen LogP contribution in [-0.4, -0.2) is 43.3 Å². The number of nitrogens with zero attached hydrogens (tertiary/aromatic N) is 1. The number of rotatable bonds is 5. The summed E-state index contributed by atoms with van der Waals surface area (Å²) in [4.78, 5) is 14.5. The number of benzene rings is 1. The molecule has 1 aliphatic heterocycles. The lowest BCUT2D eigenvalue weighted by Crippen LogP contribution is -2.46. The molecule has 0 bridgehead atoms. The molecule has 0 aliphatic carbocycles. The maximum absolute atomic E-state index is 12.8. The van der Waals surface area contributed by atoms with Gasteiger partial charge in [0.15, 0.2) is 9.84 Å². The highest BCUT2D eigenvalue weighted by Crippen LogP contribution is 2.36. The van der Waals surface area contributed by atoms with E-state index < -0.39 is 15.1 Å². The van der Waals surface area contributed by atoms with E-state index in [-0.39, 0.29) is 17.1 Å². The Balaban J connectivity index is 2.12. The van der Waals surface area contributed by atoms with Gasteiger partial charge in [-0.2, -0.15) is 0 Å². The average molecular weight is 380 g/mol. The molecule has 0 radical (unpaired) electrons. The van der Waals surface area contributed by atoms with Crippen molar-refractivity contribution in [3.05, 3.63) is 35.4 Å². The summed E-state index contributed by atoms with van der Waals surface area (Å²) in [6.45, 7) is 11.3. The molecule has 1 aromatic carbocycles. The van der Waals surface area contributed by atoms with E-state index in [2.05, 4.69) is 45.0 Å². The highest BCUT2D eigenvalue weighted by molar-refractivity contribution is 7.92. The summed E-state index contributed by atoms with van der Waals surface area (Å²) in [5.41, 5.74) is 2.83. The lowest BCUT2D eigenvalue weighted by molar-refractivity contribution is -0.131. The number of sulfone groups is 1. The van der Waals surface area contributed by atoms with E-state index in [1.54, 1.807) is 18.7 Å². The number of carbonyl (C=O) groups is 1. The molecule has 5 heteroatoms. The van der Waals surface area contributed by atoms with E-state index in [4.69, 9.17) is 0 Å². The van der Waals surface area contributed by atoms with Gasteiger partial charge in [-0.15, -0.1) is 0 Å². The van der Waals surface area contributed by atoms with Gasteiger partial charge in [0.1, 0.15) is 5.25 Å². The number of carbonyl (C=O) groups excluding carboxylic acids is 1. The van der Waals surface area contributed by atoms with E-state index in [9.17, 15) is 13.2 Å². The molecule has 1 unspecified atom stereocenters. The first-order chi connectivity index (χ1) is 12.1. The summed E-state index contributed by atoms with van der Waals surface area (Å²) in [6.07, 6.45) is 2.13. The maximum Gasteiger partial charge on any atom is 0.240 e. The second kappa shape index (κ2) is 8.12. The lowest BCUT2D eigenvalue weighted by atomic mass is 9.77. The summed E-state index contributed by atoms with van der Waals surface area (Å²) in [6, 6.07) is 8.58. The van der Waals surface area contributed by atoms with Crippen molar-refractivity contribution in [1.29, 1.82) is 0 Å². The molecular weight excluding hydrogens is 346 g/mol. The molecule has 0 N–H and O–H groups in total. The van der Waals surface area contributed by atoms with Gasteiger partial charge in [-0.1, -0.05) is 58.9 Å². The second-order valence-corrected chi connectivity index (χ2v) is 10.8. The molecule has 0 spiro atoms. The molecule has 1 saturated heterocycles. The maximum atomic E-state index is 12.8. The molecule has 2 rings (SSSR count). The summed E-state index contributed by atoms with van der Waals surface area (Å²) in [5, 5.41) is -0.883. The zero-order valence-electron chi connectivity index (χ0n) is 16.8. The third kappa shape index (κ3) is 4.48. The van der Waals surface area contributed by atoms with Crippen molar-refractivity contribution >= 4 is 15.7 Å². The van der Waals surface area contributed by atoms with Crippen LogP contribution < -0.4 is 0 Å². The van der Waals surface area contributed by atoms with E-state index in [1.165, 1.54) is 11.1 Å². The molecule has 146 valence electrons. The van der Waals surface area contributed by atoms with Crippen LogP contribution >= 0.6 is 0 Å². The normalized spacial score (nSPS) is 18.0. The first-order valence-corrected chi connectivity index (χ1v) is 11.4. The molecule has 1 aliphatic rings. The van der Waals surface area contributed by atoms with Gasteiger partial charge in [-0.05, 0) is 41.7 Å². The quantitative estimate of drug-likeness (QED) is 0.779. The monoisotopic (exact) mass is 379 g/mol. The minimum Gasteiger partial charge on any atom is -0.342 e. The van der Waals surface area contributed by atoms with Crippen molar-refractivity contribution in [3.8, 4) is 0 Å². The number of amides is 1. The second-order valence-electron chi connectivity index (χ2n) is 8.29. The SMILES string of the molecule is CCC(C(=O)N1CCC(c2ccccc2C(C)(C)C)CC1)S(=O)(=O)CC. The minimum atomic E-state index is -3.34. The van der Waals surface area contributed by atoms with Crippen molar-refractivity contribution in [2.45, 2.75) is 70.5 Å². The number of piperidine rings is 1. The van der Waals surface area contributed by atoms with Gasteiger partial charge >= 0.3 is 0 Å². The van der Waals surface area contributed by atoms with Gasteiger partial charge in [0, 0.05) is 18.8 Å². The Morgan fingerprint density at radius 3 is 2.23 bits per heavy atom. The zero-order chi connectivity index (χ0) is 19.5. The molecule has 0 aromatic heterocycles. The first kappa shape index (κ1) is 20.9. The Hall–Kier alpha value is -1.36. The molecule has 26 heavy (non-hydrogen) atoms. The topological polar surface area (TPSA) is 54.5 Å². The van der Waals surface area contributed by atoms with Crippen molar-refractivity contribution in [2.75, 3.05) is 18.8 Å². The Labute approximate surface area is 158 Å². The largest absolute Gasteiger partial charge is 0.342 e. The van der Waals surface area contributed by atoms with Gasteiger partial charge in [-0.3, -0.25) is 4.79 Å². The first-order valence-electron chi connectivity index (χ1n) is 9.71. The van der Waals surface area contributed by atoms with Crippen LogP contribution in [0.25, 0.3) is 0 Å². The van der Waals surface area contributed by atoms with Crippen LogP contribution in [0.3, 0.4) is 0 Å². The highest BCUT2D eigenvalue weighted by atomic mass is 32.2. The van der Waals surface area contributed by atoms with Crippen LogP contribution in [0, 0.1) is 0 Å². The Bertz CT molecular complexity index is 726. The van der Waals surface area contributed by atoms with Gasteiger partial charge in [0.2, 0.25) is 5.91 Å². The smallest absolute Gasteiger partial charge is 0.240 e. The standard InChI is InChI=1S/C21H33NO3S/c1-6-19(26(24,25)7-2)20(23)22-14-12-16(13-15-22)17-10-8-9-11-18(17)21(3,4)5/h8-11,16,19H,6-7,12-15H2,1-5H3. The minimum absolute atomic E-state index is 0.0205. The molecule has 1 atom stereocenters. The van der Waals surface area contributed by atoms with Crippen LogP contribution in [0.4, 0.5) is 0 Å². The average Bonchev–Trinajstić information content (AvgIpc) is 2.61. The molecule has 1 amide bonds. The molecule has 1 aromatic rings. The zero-order valence-corrected chi connectivity index (χ0v) is 17.6. The summed E-state index contributed by atoms with van der Waals surface area (Å²) in [5.74, 6) is 0.237.